The average Bonchev–Trinajstić information content (AvgIpc) is 2.66. The second-order valence-electron chi connectivity index (χ2n) is 6.53. The van der Waals surface area contributed by atoms with Gasteiger partial charge in [0.05, 0.1) is 37.6 Å². The Morgan fingerprint density at radius 1 is 1.15 bits per heavy atom. The van der Waals surface area contributed by atoms with Crippen molar-refractivity contribution in [1.82, 2.24) is 0 Å². The molecule has 0 aliphatic carbocycles. The molecule has 2 aromatic rings. The monoisotopic (exact) mass is 354 g/mol. The van der Waals surface area contributed by atoms with Gasteiger partial charge >= 0.3 is 0 Å². The van der Waals surface area contributed by atoms with Crippen molar-refractivity contribution in [3.63, 3.8) is 0 Å². The molecule has 1 amide bonds. The second kappa shape index (κ2) is 8.72. The number of amides is 1. The van der Waals surface area contributed by atoms with Gasteiger partial charge in [0.15, 0.2) is 0 Å². The molecule has 0 bridgehead atoms. The predicted octanol–water partition coefficient (Wildman–Crippen LogP) is 3.55. The van der Waals surface area contributed by atoms with Crippen molar-refractivity contribution in [3.8, 4) is 5.75 Å². The largest absolute Gasteiger partial charge is 0.493 e. The fraction of sp³-hybridized carbons (Fsp3) is 0.381. The molecule has 1 aliphatic rings. The van der Waals surface area contributed by atoms with Crippen molar-refractivity contribution in [2.75, 3.05) is 43.1 Å². The lowest BCUT2D eigenvalue weighted by molar-refractivity contribution is -0.116. The van der Waals surface area contributed by atoms with Crippen LogP contribution in [0.2, 0.25) is 0 Å². The van der Waals surface area contributed by atoms with Gasteiger partial charge in [0.25, 0.3) is 0 Å². The Kier molecular flexibility index (Phi) is 6.12. The third-order valence-corrected chi connectivity index (χ3v) is 4.46. The molecule has 0 radical (unpaired) electrons. The van der Waals surface area contributed by atoms with E-state index in [0.717, 1.165) is 41.3 Å². The lowest BCUT2D eigenvalue weighted by atomic mass is 10.1. The molecule has 0 saturated carbocycles. The number of aryl methyl sites for hydroxylation is 2. The molecule has 1 aliphatic heterocycles. The van der Waals surface area contributed by atoms with E-state index >= 15 is 0 Å². The van der Waals surface area contributed by atoms with Gasteiger partial charge in [0.1, 0.15) is 5.75 Å². The van der Waals surface area contributed by atoms with E-state index in [0.29, 0.717) is 26.2 Å². The minimum absolute atomic E-state index is 0.0454. The highest BCUT2D eigenvalue weighted by Crippen LogP contribution is 2.26. The van der Waals surface area contributed by atoms with Crippen molar-refractivity contribution in [2.24, 2.45) is 0 Å². The highest BCUT2D eigenvalue weighted by Gasteiger charge is 2.15. The SMILES string of the molecule is Cc1ccc(C)c(OCCC(=O)Nc2ccccc2N2CCOCC2)c1. The first-order chi connectivity index (χ1) is 12.6. The maximum Gasteiger partial charge on any atom is 0.227 e. The summed E-state index contributed by atoms with van der Waals surface area (Å²) in [5, 5.41) is 3.02. The topological polar surface area (TPSA) is 50.8 Å². The van der Waals surface area contributed by atoms with E-state index in [2.05, 4.69) is 16.3 Å². The summed E-state index contributed by atoms with van der Waals surface area (Å²) in [5.41, 5.74) is 4.11. The Hall–Kier alpha value is -2.53. The predicted molar refractivity (Wildman–Crippen MR) is 104 cm³/mol. The van der Waals surface area contributed by atoms with Gasteiger partial charge in [0, 0.05) is 13.1 Å². The second-order valence-corrected chi connectivity index (χ2v) is 6.53. The molecule has 1 N–H and O–H groups in total. The van der Waals surface area contributed by atoms with Gasteiger partial charge in [-0.25, -0.2) is 0 Å². The Morgan fingerprint density at radius 3 is 2.73 bits per heavy atom. The van der Waals surface area contributed by atoms with Gasteiger partial charge in [-0.3, -0.25) is 4.79 Å². The van der Waals surface area contributed by atoms with Crippen LogP contribution >= 0.6 is 0 Å². The van der Waals surface area contributed by atoms with E-state index in [4.69, 9.17) is 9.47 Å². The fourth-order valence-corrected chi connectivity index (χ4v) is 2.99. The van der Waals surface area contributed by atoms with Crippen molar-refractivity contribution in [3.05, 3.63) is 53.6 Å². The summed E-state index contributed by atoms with van der Waals surface area (Å²) in [5.74, 6) is 0.794. The maximum absolute atomic E-state index is 12.4. The van der Waals surface area contributed by atoms with Crippen LogP contribution in [-0.2, 0) is 9.53 Å². The number of morpholine rings is 1. The van der Waals surface area contributed by atoms with Gasteiger partial charge in [-0.2, -0.15) is 0 Å². The molecular formula is C21H26N2O3. The van der Waals surface area contributed by atoms with E-state index in [1.807, 2.05) is 50.2 Å². The number of hydrogen-bond donors (Lipinski definition) is 1. The fourth-order valence-electron chi connectivity index (χ4n) is 2.99. The quantitative estimate of drug-likeness (QED) is 0.862. The minimum Gasteiger partial charge on any atom is -0.493 e. The molecule has 2 aromatic carbocycles. The zero-order chi connectivity index (χ0) is 18.4. The molecule has 1 saturated heterocycles. The Balaban J connectivity index is 1.56. The average molecular weight is 354 g/mol. The van der Waals surface area contributed by atoms with Gasteiger partial charge in [-0.1, -0.05) is 24.3 Å². The molecule has 1 heterocycles. The van der Waals surface area contributed by atoms with Crippen LogP contribution in [0.3, 0.4) is 0 Å². The van der Waals surface area contributed by atoms with Crippen LogP contribution in [0.15, 0.2) is 42.5 Å². The molecular weight excluding hydrogens is 328 g/mol. The summed E-state index contributed by atoms with van der Waals surface area (Å²) in [6.07, 6.45) is 0.310. The molecule has 3 rings (SSSR count). The summed E-state index contributed by atoms with van der Waals surface area (Å²) in [7, 11) is 0. The molecule has 5 heteroatoms. The molecule has 5 nitrogen and oxygen atoms in total. The molecule has 0 spiro atoms. The summed E-state index contributed by atoms with van der Waals surface area (Å²) < 4.78 is 11.2. The van der Waals surface area contributed by atoms with E-state index in [1.54, 1.807) is 0 Å². The van der Waals surface area contributed by atoms with Gasteiger partial charge < -0.3 is 19.7 Å². The zero-order valence-corrected chi connectivity index (χ0v) is 15.5. The zero-order valence-electron chi connectivity index (χ0n) is 15.5. The molecule has 26 heavy (non-hydrogen) atoms. The van der Waals surface area contributed by atoms with E-state index in [9.17, 15) is 4.79 Å². The number of carbonyl (C=O) groups is 1. The number of nitrogens with one attached hydrogen (secondary N) is 1. The summed E-state index contributed by atoms with van der Waals surface area (Å²) >= 11 is 0. The smallest absolute Gasteiger partial charge is 0.227 e. The normalized spacial score (nSPS) is 14.2. The summed E-state index contributed by atoms with van der Waals surface area (Å²) in [6, 6.07) is 14.0. The third-order valence-electron chi connectivity index (χ3n) is 4.46. The molecule has 0 atom stereocenters. The van der Waals surface area contributed by atoms with Crippen LogP contribution in [-0.4, -0.2) is 38.8 Å². The number of nitrogens with zero attached hydrogens (tertiary/aromatic N) is 1. The first-order valence-electron chi connectivity index (χ1n) is 9.05. The van der Waals surface area contributed by atoms with Crippen molar-refractivity contribution in [2.45, 2.75) is 20.3 Å². The third kappa shape index (κ3) is 4.76. The van der Waals surface area contributed by atoms with Crippen LogP contribution in [0.4, 0.5) is 11.4 Å². The lowest BCUT2D eigenvalue weighted by Crippen LogP contribution is -2.36. The number of ether oxygens (including phenoxy) is 2. The highest BCUT2D eigenvalue weighted by atomic mass is 16.5. The summed E-state index contributed by atoms with van der Waals surface area (Å²) in [6.45, 7) is 7.49. The minimum atomic E-state index is -0.0454. The van der Waals surface area contributed by atoms with Gasteiger partial charge in [0.2, 0.25) is 5.91 Å². The van der Waals surface area contributed by atoms with Gasteiger partial charge in [-0.05, 0) is 43.2 Å². The van der Waals surface area contributed by atoms with E-state index in [-0.39, 0.29) is 5.91 Å². The van der Waals surface area contributed by atoms with Crippen LogP contribution in [0.5, 0.6) is 5.75 Å². The first kappa shape index (κ1) is 18.3. The van der Waals surface area contributed by atoms with Crippen molar-refractivity contribution >= 4 is 17.3 Å². The number of benzene rings is 2. The Labute approximate surface area is 154 Å². The first-order valence-corrected chi connectivity index (χ1v) is 9.05. The number of hydrogen-bond acceptors (Lipinski definition) is 4. The highest BCUT2D eigenvalue weighted by molar-refractivity contribution is 5.94. The van der Waals surface area contributed by atoms with Crippen molar-refractivity contribution in [1.29, 1.82) is 0 Å². The number of carbonyl (C=O) groups excluding carboxylic acids is 1. The molecule has 0 aromatic heterocycles. The Morgan fingerprint density at radius 2 is 1.92 bits per heavy atom. The molecule has 138 valence electrons. The van der Waals surface area contributed by atoms with Crippen LogP contribution in [0.25, 0.3) is 0 Å². The Bertz CT molecular complexity index is 755. The number of rotatable bonds is 6. The van der Waals surface area contributed by atoms with E-state index < -0.39 is 0 Å². The van der Waals surface area contributed by atoms with Crippen molar-refractivity contribution < 1.29 is 14.3 Å². The lowest BCUT2D eigenvalue weighted by Gasteiger charge is -2.30. The standard InChI is InChI=1S/C21H26N2O3/c1-16-7-8-17(2)20(15-16)26-12-9-21(24)22-18-5-3-4-6-19(18)23-10-13-25-14-11-23/h3-8,15H,9-14H2,1-2H3,(H,22,24). The number of anilines is 2. The van der Waals surface area contributed by atoms with Crippen LogP contribution in [0, 0.1) is 13.8 Å². The van der Waals surface area contributed by atoms with Crippen LogP contribution in [0.1, 0.15) is 17.5 Å². The number of para-hydroxylation sites is 2. The maximum atomic E-state index is 12.4. The van der Waals surface area contributed by atoms with Crippen LogP contribution < -0.4 is 15.0 Å². The summed E-state index contributed by atoms with van der Waals surface area (Å²) in [4.78, 5) is 14.6. The molecule has 0 unspecified atom stereocenters. The van der Waals surface area contributed by atoms with Gasteiger partial charge in [-0.15, -0.1) is 0 Å². The van der Waals surface area contributed by atoms with E-state index in [1.165, 1.54) is 0 Å². The molecule has 1 fully saturated rings.